The average molecular weight is 535 g/mol. The first-order chi connectivity index (χ1) is 18.9. The Labute approximate surface area is 230 Å². The van der Waals surface area contributed by atoms with E-state index in [0.717, 1.165) is 59.8 Å². The Morgan fingerprint density at radius 2 is 1.79 bits per heavy atom. The number of rotatable bonds is 7. The molecule has 208 valence electrons. The molecular formula is C31H40F2N6. The molecule has 0 radical (unpaired) electrons. The molecule has 1 atom stereocenters. The zero-order chi connectivity index (χ0) is 28.4. The molecule has 0 unspecified atom stereocenters. The smallest absolute Gasteiger partial charge is 0.213 e. The highest BCUT2D eigenvalue weighted by Crippen LogP contribution is 2.40. The van der Waals surface area contributed by atoms with Crippen molar-refractivity contribution in [3.8, 4) is 11.4 Å². The van der Waals surface area contributed by atoms with E-state index in [4.69, 9.17) is 9.97 Å². The van der Waals surface area contributed by atoms with Gasteiger partial charge in [0.25, 0.3) is 0 Å². The van der Waals surface area contributed by atoms with Gasteiger partial charge in [-0.3, -0.25) is 9.97 Å². The lowest BCUT2D eigenvalue weighted by molar-refractivity contribution is 0.421. The van der Waals surface area contributed by atoms with Gasteiger partial charge in [0.1, 0.15) is 5.82 Å². The number of nitrogens with one attached hydrogen (secondary N) is 1. The van der Waals surface area contributed by atoms with E-state index >= 15 is 0 Å². The van der Waals surface area contributed by atoms with Crippen molar-refractivity contribution in [2.24, 2.45) is 0 Å². The van der Waals surface area contributed by atoms with E-state index in [0.29, 0.717) is 12.0 Å². The van der Waals surface area contributed by atoms with Crippen LogP contribution in [0, 0.1) is 25.6 Å². The van der Waals surface area contributed by atoms with E-state index < -0.39 is 11.8 Å². The number of pyridine rings is 3. The Hall–Kier alpha value is -3.39. The second kappa shape index (κ2) is 14.7. The van der Waals surface area contributed by atoms with Gasteiger partial charge in [0.05, 0.1) is 23.1 Å². The highest BCUT2D eigenvalue weighted by atomic mass is 19.1. The van der Waals surface area contributed by atoms with Crippen molar-refractivity contribution in [1.29, 1.82) is 0 Å². The number of halogens is 2. The fraction of sp³-hybridized carbons (Fsp3) is 0.452. The van der Waals surface area contributed by atoms with Crippen molar-refractivity contribution in [3.63, 3.8) is 0 Å². The van der Waals surface area contributed by atoms with Gasteiger partial charge in [-0.25, -0.2) is 19.3 Å². The molecule has 1 N–H and O–H groups in total. The van der Waals surface area contributed by atoms with Crippen molar-refractivity contribution < 1.29 is 8.78 Å². The van der Waals surface area contributed by atoms with E-state index in [1.165, 1.54) is 37.1 Å². The van der Waals surface area contributed by atoms with Gasteiger partial charge in [0.2, 0.25) is 5.95 Å². The van der Waals surface area contributed by atoms with Gasteiger partial charge < -0.3 is 5.32 Å². The summed E-state index contributed by atoms with van der Waals surface area (Å²) in [6, 6.07) is 6.44. The number of aryl methyl sites for hydroxylation is 2. The summed E-state index contributed by atoms with van der Waals surface area (Å²) >= 11 is 0. The summed E-state index contributed by atoms with van der Waals surface area (Å²) in [6.07, 6.45) is 11.6. The molecule has 4 heterocycles. The van der Waals surface area contributed by atoms with Crippen LogP contribution in [0.5, 0.6) is 0 Å². The van der Waals surface area contributed by atoms with Crippen molar-refractivity contribution in [3.05, 3.63) is 77.3 Å². The minimum atomic E-state index is -0.645. The van der Waals surface area contributed by atoms with E-state index in [2.05, 4.69) is 34.1 Å². The molecule has 1 fully saturated rings. The van der Waals surface area contributed by atoms with Crippen LogP contribution in [0.1, 0.15) is 81.9 Å². The molecule has 39 heavy (non-hydrogen) atoms. The van der Waals surface area contributed by atoms with Crippen LogP contribution in [0.15, 0.2) is 42.9 Å². The lowest BCUT2D eigenvalue weighted by Gasteiger charge is -2.27. The number of aromatic nitrogens is 5. The molecular weight excluding hydrogens is 494 g/mol. The molecule has 0 aromatic carbocycles. The number of fused-ring (bicyclic) bond motifs is 1. The second-order valence-electron chi connectivity index (χ2n) is 9.69. The molecule has 0 aliphatic heterocycles. The van der Waals surface area contributed by atoms with Crippen molar-refractivity contribution >= 4 is 10.9 Å². The van der Waals surface area contributed by atoms with E-state index in [1.54, 1.807) is 0 Å². The van der Waals surface area contributed by atoms with Crippen LogP contribution in [-0.4, -0.2) is 37.5 Å². The molecule has 0 saturated heterocycles. The molecule has 8 heteroatoms. The third-order valence-electron chi connectivity index (χ3n) is 6.64. The van der Waals surface area contributed by atoms with Gasteiger partial charge in [-0.05, 0) is 82.3 Å². The number of hydrogen-bond donors (Lipinski definition) is 1. The van der Waals surface area contributed by atoms with Crippen molar-refractivity contribution in [1.82, 2.24) is 30.2 Å². The molecule has 1 aliphatic rings. The molecule has 0 spiro atoms. The fourth-order valence-electron chi connectivity index (χ4n) is 4.44. The van der Waals surface area contributed by atoms with Crippen LogP contribution >= 0.6 is 0 Å². The molecule has 0 amide bonds. The quantitative estimate of drug-likeness (QED) is 0.251. The highest BCUT2D eigenvalue weighted by Gasteiger charge is 2.25. The van der Waals surface area contributed by atoms with Crippen molar-refractivity contribution in [2.75, 3.05) is 6.54 Å². The summed E-state index contributed by atoms with van der Waals surface area (Å²) < 4.78 is 24.3. The molecule has 1 aliphatic carbocycles. The van der Waals surface area contributed by atoms with Crippen molar-refractivity contribution in [2.45, 2.75) is 85.6 Å². The summed E-state index contributed by atoms with van der Waals surface area (Å²) in [7, 11) is 0. The zero-order valence-electron chi connectivity index (χ0n) is 23.9. The minimum Gasteiger partial charge on any atom is -0.314 e. The lowest BCUT2D eigenvalue weighted by atomic mass is 9.79. The van der Waals surface area contributed by atoms with Gasteiger partial charge in [-0.1, -0.05) is 27.2 Å². The van der Waals surface area contributed by atoms with Gasteiger partial charge in [0.15, 0.2) is 5.82 Å². The third kappa shape index (κ3) is 8.05. The Morgan fingerprint density at radius 3 is 2.41 bits per heavy atom. The van der Waals surface area contributed by atoms with E-state index in [-0.39, 0.29) is 5.69 Å². The second-order valence-corrected chi connectivity index (χ2v) is 9.69. The standard InChI is InChI=1S/C23H29N5.C6H5F2N.C2H6/c1-4-9-25-16(3)12-20-22-19(17-6-5-7-17)13-24-14-21(22)28-23(27-20)18-8-10-26-15(2)11-18;1-4-5(7)2-3-6(8)9-4;1-2/h8,10-11,13-14,16-17,25H,4-7,9,12H2,1-3H3;2-3H,1H3;1-2H3/t16-;;/m0../s1. The first-order valence-electron chi connectivity index (χ1n) is 13.9. The van der Waals surface area contributed by atoms with Gasteiger partial charge in [0, 0.05) is 41.5 Å². The normalized spacial score (nSPS) is 13.5. The first-order valence-corrected chi connectivity index (χ1v) is 13.9. The van der Waals surface area contributed by atoms with Crippen LogP contribution in [-0.2, 0) is 6.42 Å². The maximum absolute atomic E-state index is 12.3. The summed E-state index contributed by atoms with van der Waals surface area (Å²) in [5, 5.41) is 4.83. The maximum atomic E-state index is 12.3. The monoisotopic (exact) mass is 534 g/mol. The molecule has 5 rings (SSSR count). The molecule has 0 bridgehead atoms. The topological polar surface area (TPSA) is 76.5 Å². The lowest BCUT2D eigenvalue weighted by Crippen LogP contribution is -2.29. The summed E-state index contributed by atoms with van der Waals surface area (Å²) in [5.41, 5.74) is 5.51. The predicted molar refractivity (Wildman–Crippen MR) is 154 cm³/mol. The van der Waals surface area contributed by atoms with Crippen LogP contribution in [0.4, 0.5) is 8.78 Å². The van der Waals surface area contributed by atoms with E-state index in [9.17, 15) is 8.78 Å². The van der Waals surface area contributed by atoms with Crippen LogP contribution < -0.4 is 5.32 Å². The number of hydrogen-bond acceptors (Lipinski definition) is 6. The Kier molecular flexibility index (Phi) is 11.3. The molecule has 1 saturated carbocycles. The largest absolute Gasteiger partial charge is 0.314 e. The fourth-order valence-corrected chi connectivity index (χ4v) is 4.44. The predicted octanol–water partition coefficient (Wildman–Crippen LogP) is 7.29. The summed E-state index contributed by atoms with van der Waals surface area (Å²) in [4.78, 5) is 22.0. The third-order valence-corrected chi connectivity index (χ3v) is 6.64. The molecule has 6 nitrogen and oxygen atoms in total. The highest BCUT2D eigenvalue weighted by molar-refractivity contribution is 5.86. The van der Waals surface area contributed by atoms with Crippen LogP contribution in [0.2, 0.25) is 0 Å². The molecule has 4 aromatic rings. The van der Waals surface area contributed by atoms with Crippen LogP contribution in [0.3, 0.4) is 0 Å². The SMILES string of the molecule is CC.CCCN[C@@H](C)Cc1nc(-c2ccnc(C)c2)nc2cncc(C3CCC3)c12.Cc1nc(F)ccc1F. The van der Waals surface area contributed by atoms with Crippen LogP contribution in [0.25, 0.3) is 22.3 Å². The Morgan fingerprint density at radius 1 is 1.03 bits per heavy atom. The van der Waals surface area contributed by atoms with Gasteiger partial charge in [-0.15, -0.1) is 0 Å². The van der Waals surface area contributed by atoms with Gasteiger partial charge in [-0.2, -0.15) is 4.39 Å². The Bertz CT molecular complexity index is 1360. The zero-order valence-corrected chi connectivity index (χ0v) is 23.9. The number of nitrogens with zero attached hydrogens (tertiary/aromatic N) is 5. The maximum Gasteiger partial charge on any atom is 0.213 e. The minimum absolute atomic E-state index is 0.0926. The summed E-state index contributed by atoms with van der Waals surface area (Å²) in [5.74, 6) is 0.250. The van der Waals surface area contributed by atoms with Gasteiger partial charge >= 0.3 is 0 Å². The average Bonchev–Trinajstić information content (AvgIpc) is 2.90. The molecule has 4 aromatic heterocycles. The van der Waals surface area contributed by atoms with E-state index in [1.807, 2.05) is 51.5 Å². The summed E-state index contributed by atoms with van der Waals surface area (Å²) in [6.45, 7) is 12.9. The first kappa shape index (κ1) is 30.2. The Balaban J connectivity index is 0.000000322.